The normalized spacial score (nSPS) is 16.1. The van der Waals surface area contributed by atoms with Crippen LogP contribution in [0, 0.1) is 0 Å². The molecule has 0 atom stereocenters. The number of aromatic nitrogens is 1. The molecule has 0 aromatic carbocycles. The number of piperidine rings is 1. The lowest BCUT2D eigenvalue weighted by Gasteiger charge is -2.33. The van der Waals surface area contributed by atoms with Crippen LogP contribution in [0.3, 0.4) is 0 Å². The maximum absolute atomic E-state index is 12.4. The molecule has 0 bridgehead atoms. The van der Waals surface area contributed by atoms with Crippen molar-refractivity contribution in [3.63, 3.8) is 0 Å². The third-order valence-electron chi connectivity index (χ3n) is 4.22. The van der Waals surface area contributed by atoms with Crippen molar-refractivity contribution >= 4 is 22.0 Å². The number of amides is 2. The van der Waals surface area contributed by atoms with Gasteiger partial charge < -0.3 is 15.0 Å². The number of carbonyl (C=O) groups is 2. The van der Waals surface area contributed by atoms with Gasteiger partial charge in [0.05, 0.1) is 6.54 Å². The van der Waals surface area contributed by atoms with Gasteiger partial charge in [-0.15, -0.1) is 0 Å². The van der Waals surface area contributed by atoms with Crippen LogP contribution in [-0.2, 0) is 19.6 Å². The number of ether oxygens (including phenoxy) is 1. The molecule has 1 N–H and O–H groups in total. The lowest BCUT2D eigenvalue weighted by molar-refractivity contribution is -0.122. The van der Waals surface area contributed by atoms with E-state index in [1.165, 1.54) is 31.6 Å². The summed E-state index contributed by atoms with van der Waals surface area (Å²) in [4.78, 5) is 29.8. The van der Waals surface area contributed by atoms with Gasteiger partial charge in [-0.2, -0.15) is 4.31 Å². The van der Waals surface area contributed by atoms with Crippen LogP contribution in [0.1, 0.15) is 33.6 Å². The van der Waals surface area contributed by atoms with Crippen LogP contribution in [0.2, 0.25) is 0 Å². The summed E-state index contributed by atoms with van der Waals surface area (Å²) in [5.41, 5.74) is -0.549. The van der Waals surface area contributed by atoms with Gasteiger partial charge in [-0.05, 0) is 45.7 Å². The minimum absolute atomic E-state index is 0.0379. The first-order chi connectivity index (χ1) is 13.0. The van der Waals surface area contributed by atoms with Gasteiger partial charge in [0.15, 0.2) is 0 Å². The zero-order valence-electron chi connectivity index (χ0n) is 16.7. The maximum atomic E-state index is 12.4. The van der Waals surface area contributed by atoms with Gasteiger partial charge in [0.25, 0.3) is 0 Å². The summed E-state index contributed by atoms with van der Waals surface area (Å²) in [6.45, 7) is 6.10. The summed E-state index contributed by atoms with van der Waals surface area (Å²) in [5.74, 6) is -0.384. The Morgan fingerprint density at radius 3 is 2.50 bits per heavy atom. The molecule has 2 rings (SSSR count). The number of nitrogens with zero attached hydrogens (tertiary/aromatic N) is 3. The fourth-order valence-corrected chi connectivity index (χ4v) is 3.86. The topological polar surface area (TPSA) is 109 Å². The van der Waals surface area contributed by atoms with Crippen molar-refractivity contribution in [1.82, 2.24) is 19.5 Å². The van der Waals surface area contributed by atoms with E-state index in [2.05, 4.69) is 10.3 Å². The maximum Gasteiger partial charge on any atom is 0.410 e. The van der Waals surface area contributed by atoms with E-state index in [0.29, 0.717) is 25.9 Å². The van der Waals surface area contributed by atoms with E-state index in [1.807, 2.05) is 20.8 Å². The van der Waals surface area contributed by atoms with Crippen molar-refractivity contribution in [3.8, 4) is 0 Å². The minimum atomic E-state index is -3.77. The lowest BCUT2D eigenvalue weighted by Crippen LogP contribution is -2.49. The quantitative estimate of drug-likeness (QED) is 0.779. The van der Waals surface area contributed by atoms with Crippen molar-refractivity contribution in [2.45, 2.75) is 50.2 Å². The number of nitrogens with one attached hydrogen (secondary N) is 1. The molecule has 1 aromatic rings. The predicted molar refractivity (Wildman–Crippen MR) is 103 cm³/mol. The molecule has 10 heteroatoms. The Morgan fingerprint density at radius 2 is 1.96 bits per heavy atom. The van der Waals surface area contributed by atoms with E-state index in [-0.39, 0.29) is 29.5 Å². The molecule has 0 radical (unpaired) electrons. The first-order valence-electron chi connectivity index (χ1n) is 9.13. The van der Waals surface area contributed by atoms with Gasteiger partial charge >= 0.3 is 6.09 Å². The molecule has 0 unspecified atom stereocenters. The third kappa shape index (κ3) is 6.16. The third-order valence-corrected chi connectivity index (χ3v) is 6.01. The summed E-state index contributed by atoms with van der Waals surface area (Å²) in [6.07, 6.45) is 3.54. The second kappa shape index (κ2) is 8.87. The van der Waals surface area contributed by atoms with Crippen molar-refractivity contribution in [3.05, 3.63) is 24.5 Å². The molecule has 0 saturated carbocycles. The molecule has 2 heterocycles. The number of hydrogen-bond acceptors (Lipinski definition) is 6. The van der Waals surface area contributed by atoms with Crippen LogP contribution in [0.4, 0.5) is 4.79 Å². The van der Waals surface area contributed by atoms with Crippen LogP contribution in [0.5, 0.6) is 0 Å². The second-order valence-corrected chi connectivity index (χ2v) is 9.80. The zero-order chi connectivity index (χ0) is 20.9. The second-order valence-electron chi connectivity index (χ2n) is 7.76. The monoisotopic (exact) mass is 412 g/mol. The Kier molecular flexibility index (Phi) is 7.00. The number of likely N-dealkylation sites (tertiary alicyclic amines) is 1. The van der Waals surface area contributed by atoms with Gasteiger partial charge in [-0.3, -0.25) is 9.78 Å². The number of rotatable bonds is 5. The Morgan fingerprint density at radius 1 is 1.32 bits per heavy atom. The number of hydrogen-bond donors (Lipinski definition) is 1. The molecule has 1 fully saturated rings. The highest BCUT2D eigenvalue weighted by atomic mass is 32.2. The van der Waals surface area contributed by atoms with E-state index >= 15 is 0 Å². The standard InChI is InChI=1S/C18H28N4O5S/c1-18(2,3)27-17(24)22-10-7-14(8-11-22)20-16(23)13-21(4)28(25,26)15-6-5-9-19-12-15/h5-6,9,12,14H,7-8,10-11,13H2,1-4H3,(H,20,23). The van der Waals surface area contributed by atoms with Gasteiger partial charge in [0.2, 0.25) is 15.9 Å². The van der Waals surface area contributed by atoms with Crippen LogP contribution in [-0.4, -0.2) is 72.9 Å². The molecule has 1 aromatic heterocycles. The minimum Gasteiger partial charge on any atom is -0.444 e. The van der Waals surface area contributed by atoms with E-state index in [0.717, 1.165) is 4.31 Å². The molecule has 9 nitrogen and oxygen atoms in total. The van der Waals surface area contributed by atoms with Gasteiger partial charge in [-0.25, -0.2) is 13.2 Å². The molecular formula is C18H28N4O5S. The fourth-order valence-electron chi connectivity index (χ4n) is 2.77. The summed E-state index contributed by atoms with van der Waals surface area (Å²) in [7, 11) is -2.42. The Bertz CT molecular complexity index is 784. The Labute approximate surface area is 166 Å². The number of carbonyl (C=O) groups excluding carboxylic acids is 2. The van der Waals surface area contributed by atoms with E-state index < -0.39 is 15.6 Å². The lowest BCUT2D eigenvalue weighted by atomic mass is 10.1. The van der Waals surface area contributed by atoms with Crippen LogP contribution >= 0.6 is 0 Å². The molecule has 2 amide bonds. The van der Waals surface area contributed by atoms with Gasteiger partial charge in [-0.1, -0.05) is 0 Å². The SMILES string of the molecule is CN(CC(=O)NC1CCN(C(=O)OC(C)(C)C)CC1)S(=O)(=O)c1cccnc1. The van der Waals surface area contributed by atoms with Gasteiger partial charge in [0, 0.05) is 38.6 Å². The molecule has 1 saturated heterocycles. The largest absolute Gasteiger partial charge is 0.444 e. The fraction of sp³-hybridized carbons (Fsp3) is 0.611. The molecule has 1 aliphatic heterocycles. The molecular weight excluding hydrogens is 384 g/mol. The summed E-state index contributed by atoms with van der Waals surface area (Å²) in [5, 5.41) is 2.84. The number of likely N-dealkylation sites (N-methyl/N-ethyl adjacent to an activating group) is 1. The Hall–Kier alpha value is -2.20. The summed E-state index contributed by atoms with van der Waals surface area (Å²) < 4.78 is 31.2. The molecule has 0 aliphatic carbocycles. The molecule has 0 spiro atoms. The highest BCUT2D eigenvalue weighted by Crippen LogP contribution is 2.16. The van der Waals surface area contributed by atoms with Crippen molar-refractivity contribution in [2.75, 3.05) is 26.7 Å². The van der Waals surface area contributed by atoms with Crippen molar-refractivity contribution in [1.29, 1.82) is 0 Å². The highest BCUT2D eigenvalue weighted by Gasteiger charge is 2.28. The zero-order valence-corrected chi connectivity index (χ0v) is 17.5. The predicted octanol–water partition coefficient (Wildman–Crippen LogP) is 1.22. The highest BCUT2D eigenvalue weighted by molar-refractivity contribution is 7.89. The van der Waals surface area contributed by atoms with Gasteiger partial charge in [0.1, 0.15) is 10.5 Å². The smallest absolute Gasteiger partial charge is 0.410 e. The molecule has 156 valence electrons. The average Bonchev–Trinajstić information content (AvgIpc) is 2.61. The van der Waals surface area contributed by atoms with E-state index in [1.54, 1.807) is 4.90 Å². The number of pyridine rings is 1. The van der Waals surface area contributed by atoms with Crippen LogP contribution < -0.4 is 5.32 Å². The van der Waals surface area contributed by atoms with E-state index in [9.17, 15) is 18.0 Å². The molecule has 1 aliphatic rings. The Balaban J connectivity index is 1.82. The first-order valence-corrected chi connectivity index (χ1v) is 10.6. The molecule has 28 heavy (non-hydrogen) atoms. The first kappa shape index (κ1) is 22.1. The van der Waals surface area contributed by atoms with Crippen LogP contribution in [0.15, 0.2) is 29.4 Å². The summed E-state index contributed by atoms with van der Waals surface area (Å²) in [6, 6.07) is 2.85. The van der Waals surface area contributed by atoms with Crippen molar-refractivity contribution in [2.24, 2.45) is 0 Å². The van der Waals surface area contributed by atoms with Crippen molar-refractivity contribution < 1.29 is 22.7 Å². The average molecular weight is 413 g/mol. The van der Waals surface area contributed by atoms with Crippen LogP contribution in [0.25, 0.3) is 0 Å². The summed E-state index contributed by atoms with van der Waals surface area (Å²) >= 11 is 0. The van der Waals surface area contributed by atoms with E-state index in [4.69, 9.17) is 4.74 Å². The number of sulfonamides is 1.